The third-order valence-electron chi connectivity index (χ3n) is 4.45. The lowest BCUT2D eigenvalue weighted by Crippen LogP contribution is -2.42. The quantitative estimate of drug-likeness (QED) is 0.339. The molecule has 120 valence electrons. The maximum atomic E-state index is 6.23. The van der Waals surface area contributed by atoms with Gasteiger partial charge in [0.2, 0.25) is 0 Å². The topological polar surface area (TPSA) is 18.5 Å². The van der Waals surface area contributed by atoms with Gasteiger partial charge in [-0.3, -0.25) is 0 Å². The normalized spacial score (nSPS) is 28.1. The SMILES string of the molecule is CC(C)COCCOC1(CI)CCC(C(C)(C)C)CC1. The number of ether oxygens (including phenoxy) is 2. The summed E-state index contributed by atoms with van der Waals surface area (Å²) in [5.41, 5.74) is 0.557. The Bertz CT molecular complexity index is 263. The molecule has 2 nitrogen and oxygen atoms in total. The molecule has 0 aromatic carbocycles. The minimum Gasteiger partial charge on any atom is -0.379 e. The highest BCUT2D eigenvalue weighted by molar-refractivity contribution is 14.1. The number of halogens is 1. The first-order valence-corrected chi connectivity index (χ1v) is 9.59. The molecule has 0 heterocycles. The van der Waals surface area contributed by atoms with Gasteiger partial charge in [-0.25, -0.2) is 0 Å². The van der Waals surface area contributed by atoms with Crippen LogP contribution < -0.4 is 0 Å². The summed E-state index contributed by atoms with van der Waals surface area (Å²) in [6.45, 7) is 13.8. The first-order chi connectivity index (χ1) is 9.29. The van der Waals surface area contributed by atoms with Crippen LogP contribution in [-0.2, 0) is 9.47 Å². The third kappa shape index (κ3) is 6.18. The van der Waals surface area contributed by atoms with Crippen molar-refractivity contribution >= 4 is 22.6 Å². The van der Waals surface area contributed by atoms with Gasteiger partial charge in [-0.15, -0.1) is 0 Å². The van der Waals surface area contributed by atoms with Gasteiger partial charge >= 0.3 is 0 Å². The van der Waals surface area contributed by atoms with Crippen molar-refractivity contribution in [2.45, 2.75) is 65.9 Å². The van der Waals surface area contributed by atoms with Crippen molar-refractivity contribution in [3.8, 4) is 0 Å². The summed E-state index contributed by atoms with van der Waals surface area (Å²) < 4.78 is 13.0. The van der Waals surface area contributed by atoms with Gasteiger partial charge in [0.25, 0.3) is 0 Å². The predicted octanol–water partition coefficient (Wildman–Crippen LogP) is 5.09. The Morgan fingerprint density at radius 1 is 1.15 bits per heavy atom. The Labute approximate surface area is 139 Å². The molecule has 0 atom stereocenters. The van der Waals surface area contributed by atoms with Crippen LogP contribution in [0.1, 0.15) is 60.3 Å². The van der Waals surface area contributed by atoms with Crippen LogP contribution in [0.3, 0.4) is 0 Å². The van der Waals surface area contributed by atoms with Crippen molar-refractivity contribution < 1.29 is 9.47 Å². The Morgan fingerprint density at radius 2 is 1.75 bits per heavy atom. The molecule has 0 amide bonds. The first kappa shape index (κ1) is 18.7. The minimum atomic E-state index is 0.115. The van der Waals surface area contributed by atoms with E-state index in [1.54, 1.807) is 0 Å². The summed E-state index contributed by atoms with van der Waals surface area (Å²) in [6.07, 6.45) is 5.03. The Hall–Kier alpha value is 0.650. The van der Waals surface area contributed by atoms with E-state index in [-0.39, 0.29) is 5.60 Å². The minimum absolute atomic E-state index is 0.115. The molecule has 0 spiro atoms. The largest absolute Gasteiger partial charge is 0.379 e. The second-order valence-corrected chi connectivity index (χ2v) is 8.54. The van der Waals surface area contributed by atoms with Gasteiger partial charge in [0, 0.05) is 11.0 Å². The van der Waals surface area contributed by atoms with Crippen LogP contribution in [0.15, 0.2) is 0 Å². The molecule has 1 fully saturated rings. The summed E-state index contributed by atoms with van der Waals surface area (Å²) in [7, 11) is 0. The number of hydrogen-bond donors (Lipinski definition) is 0. The Morgan fingerprint density at radius 3 is 2.20 bits per heavy atom. The zero-order valence-corrected chi connectivity index (χ0v) is 16.2. The highest BCUT2D eigenvalue weighted by Crippen LogP contribution is 2.43. The van der Waals surface area contributed by atoms with E-state index >= 15 is 0 Å². The molecule has 0 aromatic rings. The highest BCUT2D eigenvalue weighted by Gasteiger charge is 2.38. The molecule has 0 aliphatic heterocycles. The molecule has 1 rings (SSSR count). The van der Waals surface area contributed by atoms with Crippen molar-refractivity contribution in [1.82, 2.24) is 0 Å². The van der Waals surface area contributed by atoms with E-state index in [2.05, 4.69) is 57.2 Å². The lowest BCUT2D eigenvalue weighted by Gasteiger charge is -2.43. The Kier molecular flexibility index (Phi) is 7.78. The summed E-state index contributed by atoms with van der Waals surface area (Å²) >= 11 is 2.49. The van der Waals surface area contributed by atoms with Gasteiger partial charge in [0.05, 0.1) is 18.8 Å². The van der Waals surface area contributed by atoms with E-state index in [0.29, 0.717) is 11.3 Å². The fourth-order valence-corrected chi connectivity index (χ4v) is 3.95. The molecule has 0 saturated heterocycles. The van der Waals surface area contributed by atoms with E-state index in [1.165, 1.54) is 25.7 Å². The summed E-state index contributed by atoms with van der Waals surface area (Å²) in [5, 5.41) is 0. The second-order valence-electron chi connectivity index (χ2n) is 7.77. The molecule has 3 heteroatoms. The van der Waals surface area contributed by atoms with Crippen LogP contribution in [0, 0.1) is 17.3 Å². The lowest BCUT2D eigenvalue weighted by atomic mass is 9.69. The monoisotopic (exact) mass is 396 g/mol. The maximum Gasteiger partial charge on any atom is 0.0772 e. The van der Waals surface area contributed by atoms with Crippen LogP contribution in [0.5, 0.6) is 0 Å². The summed E-state index contributed by atoms with van der Waals surface area (Å²) in [6, 6.07) is 0. The third-order valence-corrected chi connectivity index (χ3v) is 5.84. The highest BCUT2D eigenvalue weighted by atomic mass is 127. The van der Waals surface area contributed by atoms with E-state index in [0.717, 1.165) is 30.2 Å². The van der Waals surface area contributed by atoms with Crippen LogP contribution in [0.2, 0.25) is 0 Å². The van der Waals surface area contributed by atoms with Crippen LogP contribution >= 0.6 is 22.6 Å². The molecule has 0 unspecified atom stereocenters. The molecular weight excluding hydrogens is 363 g/mol. The van der Waals surface area contributed by atoms with E-state index in [1.807, 2.05) is 0 Å². The molecule has 1 aliphatic carbocycles. The zero-order chi connectivity index (χ0) is 15.2. The zero-order valence-electron chi connectivity index (χ0n) is 14.0. The average molecular weight is 396 g/mol. The molecule has 0 aromatic heterocycles. The van der Waals surface area contributed by atoms with E-state index < -0.39 is 0 Å². The number of rotatable bonds is 7. The Balaban J connectivity index is 2.31. The number of hydrogen-bond acceptors (Lipinski definition) is 2. The predicted molar refractivity (Wildman–Crippen MR) is 94.6 cm³/mol. The smallest absolute Gasteiger partial charge is 0.0772 e. The van der Waals surface area contributed by atoms with Crippen LogP contribution in [0.4, 0.5) is 0 Å². The van der Waals surface area contributed by atoms with Gasteiger partial charge < -0.3 is 9.47 Å². The van der Waals surface area contributed by atoms with E-state index in [4.69, 9.17) is 9.47 Å². The molecule has 0 bridgehead atoms. The van der Waals surface area contributed by atoms with Gasteiger partial charge in [-0.05, 0) is 42.9 Å². The maximum absolute atomic E-state index is 6.23. The lowest BCUT2D eigenvalue weighted by molar-refractivity contribution is -0.0859. The fourth-order valence-electron chi connectivity index (χ4n) is 2.96. The first-order valence-electron chi connectivity index (χ1n) is 8.07. The fraction of sp³-hybridized carbons (Fsp3) is 1.00. The van der Waals surface area contributed by atoms with Crippen molar-refractivity contribution in [3.05, 3.63) is 0 Å². The van der Waals surface area contributed by atoms with Crippen molar-refractivity contribution in [2.24, 2.45) is 17.3 Å². The standard InChI is InChI=1S/C17H33IO2/c1-14(2)12-19-10-11-20-17(13-18)8-6-15(7-9-17)16(3,4)5/h14-15H,6-13H2,1-5H3. The number of alkyl halides is 1. The molecular formula is C17H33IO2. The van der Waals surface area contributed by atoms with Crippen molar-refractivity contribution in [1.29, 1.82) is 0 Å². The van der Waals surface area contributed by atoms with Crippen LogP contribution in [-0.4, -0.2) is 29.8 Å². The summed E-state index contributed by atoms with van der Waals surface area (Å²) in [4.78, 5) is 0. The van der Waals surface area contributed by atoms with Crippen molar-refractivity contribution in [2.75, 3.05) is 24.2 Å². The molecule has 1 saturated carbocycles. The average Bonchev–Trinajstić information content (AvgIpc) is 2.37. The summed E-state index contributed by atoms with van der Waals surface area (Å²) in [5.74, 6) is 1.45. The van der Waals surface area contributed by atoms with Gasteiger partial charge in [0.1, 0.15) is 0 Å². The van der Waals surface area contributed by atoms with Crippen LogP contribution in [0.25, 0.3) is 0 Å². The molecule has 0 N–H and O–H groups in total. The van der Waals surface area contributed by atoms with Gasteiger partial charge in [-0.1, -0.05) is 57.2 Å². The second kappa shape index (κ2) is 8.33. The molecule has 1 aliphatic rings. The van der Waals surface area contributed by atoms with E-state index in [9.17, 15) is 0 Å². The molecule has 0 radical (unpaired) electrons. The van der Waals surface area contributed by atoms with Gasteiger partial charge in [0.15, 0.2) is 0 Å². The molecule has 20 heavy (non-hydrogen) atoms. The van der Waals surface area contributed by atoms with Gasteiger partial charge in [-0.2, -0.15) is 0 Å². The van der Waals surface area contributed by atoms with Crippen molar-refractivity contribution in [3.63, 3.8) is 0 Å².